The number of nitrogens with one attached hydrogen (secondary N) is 2. The summed E-state index contributed by atoms with van der Waals surface area (Å²) in [6.07, 6.45) is 3.67. The molecule has 4 aromatic rings. The van der Waals surface area contributed by atoms with E-state index >= 15 is 0 Å². The first-order valence-corrected chi connectivity index (χ1v) is 9.41. The Balaban J connectivity index is 1.40. The lowest BCUT2D eigenvalue weighted by atomic mass is 9.85. The molecular formula is C21H17ClN4O. The van der Waals surface area contributed by atoms with Crippen molar-refractivity contribution in [3.8, 4) is 0 Å². The number of pyridine rings is 1. The number of nitrogens with zero attached hydrogens (tertiary/aromatic N) is 2. The van der Waals surface area contributed by atoms with Crippen LogP contribution in [0.1, 0.15) is 41.4 Å². The number of halogens is 1. The molecule has 2 heterocycles. The summed E-state index contributed by atoms with van der Waals surface area (Å²) in [5.41, 5.74) is 3.97. The Morgan fingerprint density at radius 1 is 1.04 bits per heavy atom. The van der Waals surface area contributed by atoms with Crippen molar-refractivity contribution in [3.05, 3.63) is 65.1 Å². The van der Waals surface area contributed by atoms with Crippen LogP contribution in [0.3, 0.4) is 0 Å². The van der Waals surface area contributed by atoms with E-state index < -0.39 is 0 Å². The van der Waals surface area contributed by atoms with Crippen molar-refractivity contribution in [1.29, 1.82) is 0 Å². The Hall–Kier alpha value is -2.92. The van der Waals surface area contributed by atoms with Crippen LogP contribution in [0.2, 0.25) is 5.15 Å². The van der Waals surface area contributed by atoms with Gasteiger partial charge < -0.3 is 10.3 Å². The summed E-state index contributed by atoms with van der Waals surface area (Å²) in [5, 5.41) is 4.27. The molecule has 2 aromatic heterocycles. The molecule has 1 aliphatic carbocycles. The molecule has 134 valence electrons. The number of anilines is 1. The monoisotopic (exact) mass is 376 g/mol. The van der Waals surface area contributed by atoms with Crippen LogP contribution >= 0.6 is 11.6 Å². The van der Waals surface area contributed by atoms with E-state index in [0.29, 0.717) is 16.6 Å². The number of carbonyl (C=O) groups excluding carboxylic acids is 1. The molecule has 1 saturated carbocycles. The van der Waals surface area contributed by atoms with Crippen LogP contribution in [0.15, 0.2) is 48.5 Å². The molecule has 0 atom stereocenters. The molecule has 0 spiro atoms. The molecule has 0 unspecified atom stereocenters. The lowest BCUT2D eigenvalue weighted by molar-refractivity contribution is 0.102. The van der Waals surface area contributed by atoms with Crippen LogP contribution in [0, 0.1) is 0 Å². The predicted molar refractivity (Wildman–Crippen MR) is 107 cm³/mol. The van der Waals surface area contributed by atoms with Gasteiger partial charge in [0, 0.05) is 22.6 Å². The summed E-state index contributed by atoms with van der Waals surface area (Å²) in [7, 11) is 0. The van der Waals surface area contributed by atoms with E-state index in [4.69, 9.17) is 11.6 Å². The third kappa shape index (κ3) is 3.04. The fourth-order valence-electron chi connectivity index (χ4n) is 3.43. The van der Waals surface area contributed by atoms with E-state index in [1.54, 1.807) is 18.2 Å². The van der Waals surface area contributed by atoms with Crippen LogP contribution in [-0.2, 0) is 0 Å². The number of hydrogen-bond donors (Lipinski definition) is 2. The molecule has 0 aliphatic heterocycles. The average molecular weight is 377 g/mol. The number of aromatic amines is 1. The zero-order valence-electron chi connectivity index (χ0n) is 14.5. The molecular weight excluding hydrogens is 360 g/mol. The lowest BCUT2D eigenvalue weighted by Crippen LogP contribution is -2.11. The molecule has 5 nitrogen and oxygen atoms in total. The summed E-state index contributed by atoms with van der Waals surface area (Å²) in [6, 6.07) is 14.7. The number of carbonyl (C=O) groups is 1. The first-order chi connectivity index (χ1) is 13.2. The van der Waals surface area contributed by atoms with Crippen LogP contribution < -0.4 is 5.32 Å². The number of amides is 1. The molecule has 0 radical (unpaired) electrons. The summed E-state index contributed by atoms with van der Waals surface area (Å²) >= 11 is 5.91. The lowest BCUT2D eigenvalue weighted by Gasteiger charge is -2.22. The molecule has 27 heavy (non-hydrogen) atoms. The summed E-state index contributed by atoms with van der Waals surface area (Å²) < 4.78 is 0. The van der Waals surface area contributed by atoms with Gasteiger partial charge >= 0.3 is 0 Å². The van der Waals surface area contributed by atoms with Gasteiger partial charge in [0.05, 0.1) is 16.6 Å². The van der Waals surface area contributed by atoms with Crippen molar-refractivity contribution in [1.82, 2.24) is 15.0 Å². The summed E-state index contributed by atoms with van der Waals surface area (Å²) in [6.45, 7) is 0. The highest BCUT2D eigenvalue weighted by Crippen LogP contribution is 2.35. The van der Waals surface area contributed by atoms with Crippen LogP contribution in [0.5, 0.6) is 0 Å². The molecule has 0 bridgehead atoms. The highest BCUT2D eigenvalue weighted by molar-refractivity contribution is 6.29. The van der Waals surface area contributed by atoms with E-state index in [2.05, 4.69) is 20.3 Å². The molecule has 1 amide bonds. The zero-order chi connectivity index (χ0) is 18.4. The predicted octanol–water partition coefficient (Wildman–Crippen LogP) is 5.28. The summed E-state index contributed by atoms with van der Waals surface area (Å²) in [5.74, 6) is 1.44. The quantitative estimate of drug-likeness (QED) is 0.477. The highest BCUT2D eigenvalue weighted by atomic mass is 35.5. The van der Waals surface area contributed by atoms with Gasteiger partial charge in [0.2, 0.25) is 0 Å². The molecule has 6 heteroatoms. The van der Waals surface area contributed by atoms with E-state index in [9.17, 15) is 4.79 Å². The molecule has 2 N–H and O–H groups in total. The van der Waals surface area contributed by atoms with E-state index in [1.807, 2.05) is 30.3 Å². The average Bonchev–Trinajstić information content (AvgIpc) is 3.02. The van der Waals surface area contributed by atoms with Gasteiger partial charge in [0.25, 0.3) is 5.91 Å². The smallest absolute Gasteiger partial charge is 0.255 e. The maximum absolute atomic E-state index is 12.6. The molecule has 1 aliphatic rings. The van der Waals surface area contributed by atoms with Gasteiger partial charge in [0.1, 0.15) is 11.0 Å². The Labute approximate surface area is 160 Å². The largest absolute Gasteiger partial charge is 0.342 e. The Kier molecular flexibility index (Phi) is 3.83. The number of imidazole rings is 1. The van der Waals surface area contributed by atoms with Crippen molar-refractivity contribution < 1.29 is 4.79 Å². The van der Waals surface area contributed by atoms with E-state index in [1.165, 1.54) is 19.3 Å². The van der Waals surface area contributed by atoms with Crippen molar-refractivity contribution in [3.63, 3.8) is 0 Å². The number of benzene rings is 2. The number of hydrogen-bond acceptors (Lipinski definition) is 3. The normalized spacial score (nSPS) is 14.4. The molecule has 2 aromatic carbocycles. The minimum absolute atomic E-state index is 0.162. The van der Waals surface area contributed by atoms with Crippen molar-refractivity contribution >= 4 is 45.1 Å². The van der Waals surface area contributed by atoms with Gasteiger partial charge in [-0.3, -0.25) is 4.79 Å². The van der Waals surface area contributed by atoms with Crippen molar-refractivity contribution in [2.45, 2.75) is 25.2 Å². The SMILES string of the molecule is O=C(Nc1ccc2nc(C3CCC3)[nH]c2c1)c1ccc2nc(Cl)ccc2c1. The molecule has 5 rings (SSSR count). The highest BCUT2D eigenvalue weighted by Gasteiger charge is 2.22. The van der Waals surface area contributed by atoms with Gasteiger partial charge in [-0.15, -0.1) is 0 Å². The Morgan fingerprint density at radius 2 is 1.89 bits per heavy atom. The van der Waals surface area contributed by atoms with Crippen LogP contribution in [0.25, 0.3) is 21.9 Å². The summed E-state index contributed by atoms with van der Waals surface area (Å²) in [4.78, 5) is 25.0. The Bertz CT molecular complexity index is 1180. The number of rotatable bonds is 3. The second-order valence-corrected chi connectivity index (χ2v) is 7.36. The number of aromatic nitrogens is 3. The fourth-order valence-corrected chi connectivity index (χ4v) is 3.58. The minimum atomic E-state index is -0.162. The molecule has 0 saturated heterocycles. The fraction of sp³-hybridized carbons (Fsp3) is 0.190. The maximum atomic E-state index is 12.6. The maximum Gasteiger partial charge on any atom is 0.255 e. The number of H-pyrrole nitrogens is 1. The zero-order valence-corrected chi connectivity index (χ0v) is 15.3. The third-order valence-electron chi connectivity index (χ3n) is 5.17. The van der Waals surface area contributed by atoms with Gasteiger partial charge in [-0.2, -0.15) is 0 Å². The minimum Gasteiger partial charge on any atom is -0.342 e. The van der Waals surface area contributed by atoms with Crippen molar-refractivity contribution in [2.75, 3.05) is 5.32 Å². The number of fused-ring (bicyclic) bond motifs is 2. The van der Waals surface area contributed by atoms with Crippen molar-refractivity contribution in [2.24, 2.45) is 0 Å². The second-order valence-electron chi connectivity index (χ2n) is 6.98. The van der Waals surface area contributed by atoms with Crippen LogP contribution in [0.4, 0.5) is 5.69 Å². The van der Waals surface area contributed by atoms with Crippen LogP contribution in [-0.4, -0.2) is 20.9 Å². The Morgan fingerprint density at radius 3 is 2.70 bits per heavy atom. The van der Waals surface area contributed by atoms with E-state index in [0.717, 1.165) is 33.4 Å². The standard InChI is InChI=1S/C21H17ClN4O/c22-19-9-5-13-10-14(4-7-16(13)24-19)21(27)23-15-6-8-17-18(11-15)26-20(25-17)12-2-1-3-12/h4-12H,1-3H2,(H,23,27)(H,25,26). The van der Waals surface area contributed by atoms with Gasteiger partial charge in [0.15, 0.2) is 0 Å². The first-order valence-electron chi connectivity index (χ1n) is 9.03. The van der Waals surface area contributed by atoms with Gasteiger partial charge in [-0.05, 0) is 61.4 Å². The first kappa shape index (κ1) is 16.3. The van der Waals surface area contributed by atoms with Gasteiger partial charge in [-0.25, -0.2) is 9.97 Å². The van der Waals surface area contributed by atoms with E-state index in [-0.39, 0.29) is 5.91 Å². The van der Waals surface area contributed by atoms with Gasteiger partial charge in [-0.1, -0.05) is 18.0 Å². The second kappa shape index (κ2) is 6.35. The third-order valence-corrected chi connectivity index (χ3v) is 5.38. The molecule has 1 fully saturated rings. The topological polar surface area (TPSA) is 70.7 Å².